The van der Waals surface area contributed by atoms with E-state index >= 15 is 0 Å². The molecule has 0 heterocycles. The van der Waals surface area contributed by atoms with Gasteiger partial charge in [0.1, 0.15) is 0 Å². The molecule has 2 N–H and O–H groups in total. The highest BCUT2D eigenvalue weighted by molar-refractivity contribution is 7.88. The van der Waals surface area contributed by atoms with E-state index in [1.165, 1.54) is 0 Å². The van der Waals surface area contributed by atoms with E-state index in [0.29, 0.717) is 12.8 Å². The highest BCUT2D eigenvalue weighted by Gasteiger charge is 2.45. The fourth-order valence-electron chi connectivity index (χ4n) is 1.07. The lowest BCUT2D eigenvalue weighted by Crippen LogP contribution is -2.47. The number of hydrogen-bond donors (Lipinski definition) is 2. The summed E-state index contributed by atoms with van der Waals surface area (Å²) < 4.78 is 31.6. The van der Waals surface area contributed by atoms with Crippen molar-refractivity contribution in [3.63, 3.8) is 0 Å². The molecule has 1 rings (SSSR count). The third-order valence-electron chi connectivity index (χ3n) is 2.02. The zero-order valence-electron chi connectivity index (χ0n) is 9.12. The predicted molar refractivity (Wildman–Crippen MR) is 59.5 cm³/mol. The van der Waals surface area contributed by atoms with Gasteiger partial charge >= 0.3 is 16.3 Å². The molecule has 94 valence electrons. The van der Waals surface area contributed by atoms with E-state index in [9.17, 15) is 13.2 Å². The summed E-state index contributed by atoms with van der Waals surface area (Å²) in [7, 11) is -3.89. The van der Waals surface area contributed by atoms with Crippen molar-refractivity contribution in [2.45, 2.75) is 38.3 Å². The van der Waals surface area contributed by atoms with E-state index in [2.05, 4.69) is 9.46 Å². The lowest BCUT2D eigenvalue weighted by Gasteiger charge is -2.15. The Morgan fingerprint density at radius 3 is 2.44 bits per heavy atom. The summed E-state index contributed by atoms with van der Waals surface area (Å²) in [4.78, 5) is 11.1. The first-order valence-electron chi connectivity index (χ1n) is 4.87. The van der Waals surface area contributed by atoms with Gasteiger partial charge in [0, 0.05) is 11.4 Å². The van der Waals surface area contributed by atoms with Crippen LogP contribution in [-0.4, -0.2) is 32.0 Å². The van der Waals surface area contributed by atoms with Crippen molar-refractivity contribution >= 4 is 27.9 Å². The second kappa shape index (κ2) is 4.77. The molecule has 1 saturated carbocycles. The molecule has 0 aliphatic heterocycles. The first-order chi connectivity index (χ1) is 7.29. The van der Waals surface area contributed by atoms with E-state index in [-0.39, 0.29) is 12.0 Å². The van der Waals surface area contributed by atoms with Crippen molar-refractivity contribution in [2.75, 3.05) is 5.88 Å². The Balaban J connectivity index is 2.49. The fourth-order valence-corrected chi connectivity index (χ4v) is 2.65. The van der Waals surface area contributed by atoms with Crippen LogP contribution in [0.15, 0.2) is 0 Å². The van der Waals surface area contributed by atoms with Gasteiger partial charge in [0.15, 0.2) is 0 Å². The van der Waals surface area contributed by atoms with Crippen LogP contribution in [0.25, 0.3) is 0 Å². The Morgan fingerprint density at radius 2 is 2.06 bits per heavy atom. The molecule has 0 unspecified atom stereocenters. The van der Waals surface area contributed by atoms with E-state index in [0.717, 1.165) is 0 Å². The quantitative estimate of drug-likeness (QED) is 0.721. The number of alkyl halides is 1. The van der Waals surface area contributed by atoms with Crippen molar-refractivity contribution in [3.05, 3.63) is 0 Å². The normalized spacial score (nSPS) is 18.2. The van der Waals surface area contributed by atoms with Crippen molar-refractivity contribution in [1.29, 1.82) is 0 Å². The molecule has 1 fully saturated rings. The number of rotatable bonds is 5. The molecule has 0 spiro atoms. The maximum Gasteiger partial charge on any atom is 0.422 e. The predicted octanol–water partition coefficient (Wildman–Crippen LogP) is 0.727. The minimum Gasteiger partial charge on any atom is -0.446 e. The zero-order valence-corrected chi connectivity index (χ0v) is 10.7. The largest absolute Gasteiger partial charge is 0.446 e. The van der Waals surface area contributed by atoms with Crippen LogP contribution in [0.5, 0.6) is 0 Å². The van der Waals surface area contributed by atoms with Crippen molar-refractivity contribution < 1.29 is 17.9 Å². The monoisotopic (exact) mass is 270 g/mol. The molecule has 16 heavy (non-hydrogen) atoms. The molecule has 0 aromatic rings. The second-order valence-electron chi connectivity index (χ2n) is 4.08. The van der Waals surface area contributed by atoms with Crippen LogP contribution in [0.4, 0.5) is 4.79 Å². The summed E-state index contributed by atoms with van der Waals surface area (Å²) in [6.07, 6.45) is -0.0150. The third kappa shape index (κ3) is 4.15. The third-order valence-corrected chi connectivity index (χ3v) is 3.67. The van der Waals surface area contributed by atoms with Gasteiger partial charge in [-0.3, -0.25) is 0 Å². The van der Waals surface area contributed by atoms with Crippen LogP contribution in [0.1, 0.15) is 26.7 Å². The van der Waals surface area contributed by atoms with Gasteiger partial charge in [-0.25, -0.2) is 9.52 Å². The molecule has 0 aromatic heterocycles. The number of amides is 1. The first-order valence-corrected chi connectivity index (χ1v) is 6.89. The molecule has 1 aliphatic carbocycles. The SMILES string of the molecule is CC(C)OC(=O)NS(=O)(=O)NC1(CCl)CC1. The smallest absolute Gasteiger partial charge is 0.422 e. The molecule has 0 atom stereocenters. The maximum absolute atomic E-state index is 11.5. The average molecular weight is 271 g/mol. The summed E-state index contributed by atoms with van der Waals surface area (Å²) in [5.74, 6) is 0.188. The van der Waals surface area contributed by atoms with Crippen molar-refractivity contribution in [1.82, 2.24) is 9.44 Å². The van der Waals surface area contributed by atoms with Crippen LogP contribution >= 0.6 is 11.6 Å². The summed E-state index contributed by atoms with van der Waals surface area (Å²) in [6, 6.07) is 0. The van der Waals surface area contributed by atoms with Crippen LogP contribution in [0, 0.1) is 0 Å². The molecule has 0 saturated heterocycles. The molecule has 1 amide bonds. The molecular weight excluding hydrogens is 256 g/mol. The Morgan fingerprint density at radius 1 is 1.50 bits per heavy atom. The summed E-state index contributed by atoms with van der Waals surface area (Å²) in [6.45, 7) is 3.25. The Bertz CT molecular complexity index is 364. The second-order valence-corrected chi connectivity index (χ2v) is 5.76. The van der Waals surface area contributed by atoms with E-state index in [1.807, 2.05) is 0 Å². The van der Waals surface area contributed by atoms with E-state index in [1.54, 1.807) is 18.6 Å². The highest BCUT2D eigenvalue weighted by Crippen LogP contribution is 2.36. The summed E-state index contributed by atoms with van der Waals surface area (Å²) in [5.41, 5.74) is -0.592. The molecular formula is C8H15ClN2O4S. The minimum absolute atomic E-state index is 0.188. The number of halogens is 1. The van der Waals surface area contributed by atoms with Gasteiger partial charge in [0.25, 0.3) is 0 Å². The van der Waals surface area contributed by atoms with Crippen LogP contribution in [0.2, 0.25) is 0 Å². The first kappa shape index (κ1) is 13.5. The minimum atomic E-state index is -3.89. The number of hydrogen-bond acceptors (Lipinski definition) is 4. The van der Waals surface area contributed by atoms with E-state index < -0.39 is 21.8 Å². The Labute approximate surface area is 99.9 Å². The lowest BCUT2D eigenvalue weighted by atomic mass is 10.4. The average Bonchev–Trinajstić information content (AvgIpc) is 2.81. The van der Waals surface area contributed by atoms with Gasteiger partial charge < -0.3 is 4.74 Å². The molecule has 1 aliphatic rings. The van der Waals surface area contributed by atoms with Gasteiger partial charge in [0.2, 0.25) is 0 Å². The zero-order chi connectivity index (χ0) is 12.4. The van der Waals surface area contributed by atoms with Crippen molar-refractivity contribution in [3.8, 4) is 0 Å². The highest BCUT2D eigenvalue weighted by atomic mass is 35.5. The van der Waals surface area contributed by atoms with Crippen molar-refractivity contribution in [2.24, 2.45) is 0 Å². The van der Waals surface area contributed by atoms with Crippen LogP contribution in [-0.2, 0) is 14.9 Å². The van der Waals surface area contributed by atoms with Gasteiger partial charge in [0.05, 0.1) is 6.10 Å². The van der Waals surface area contributed by atoms with Gasteiger partial charge in [-0.1, -0.05) is 0 Å². The molecule has 8 heteroatoms. The number of carbonyl (C=O) groups excluding carboxylic acids is 1. The Kier molecular flexibility index (Phi) is 4.03. The van der Waals surface area contributed by atoms with E-state index in [4.69, 9.17) is 11.6 Å². The van der Waals surface area contributed by atoms with Gasteiger partial charge in [-0.05, 0) is 26.7 Å². The maximum atomic E-state index is 11.5. The number of carbonyl (C=O) groups is 1. The van der Waals surface area contributed by atoms with Crippen LogP contribution in [0.3, 0.4) is 0 Å². The molecule has 0 bridgehead atoms. The summed E-state index contributed by atoms with van der Waals surface area (Å²) in [5, 5.41) is 0. The Hall–Kier alpha value is -0.530. The van der Waals surface area contributed by atoms with Crippen LogP contribution < -0.4 is 9.44 Å². The molecule has 0 radical (unpaired) electrons. The number of nitrogens with one attached hydrogen (secondary N) is 2. The number of ether oxygens (including phenoxy) is 1. The standard InChI is InChI=1S/C8H15ClN2O4S/c1-6(2)15-7(12)10-16(13,14)11-8(5-9)3-4-8/h6,11H,3-5H2,1-2H3,(H,10,12). The summed E-state index contributed by atoms with van der Waals surface area (Å²) >= 11 is 5.61. The lowest BCUT2D eigenvalue weighted by molar-refractivity contribution is 0.121. The molecule has 6 nitrogen and oxygen atoms in total. The topological polar surface area (TPSA) is 84.5 Å². The van der Waals surface area contributed by atoms with Gasteiger partial charge in [-0.15, -0.1) is 11.6 Å². The molecule has 0 aromatic carbocycles. The fraction of sp³-hybridized carbons (Fsp3) is 0.875. The van der Waals surface area contributed by atoms with Gasteiger partial charge in [-0.2, -0.15) is 13.1 Å².